The third-order valence-electron chi connectivity index (χ3n) is 7.58. The number of benzene rings is 4. The SMILES string of the molecule is COc1ccc(CCNC(=O)c2ccc3c(c2)c(C)c(C)n3Cc2ccc(-c3ccccc3C(=O)O)cc2)cc1Cl. The molecular formula is C34H31ClN2O4. The van der Waals surface area contributed by atoms with Crippen molar-refractivity contribution in [3.05, 3.63) is 123 Å². The molecule has 0 aliphatic heterocycles. The van der Waals surface area contributed by atoms with Crippen LogP contribution in [-0.4, -0.2) is 35.2 Å². The second kappa shape index (κ2) is 11.9. The van der Waals surface area contributed by atoms with E-state index in [1.54, 1.807) is 19.2 Å². The number of amides is 1. The lowest BCUT2D eigenvalue weighted by molar-refractivity contribution is 0.0697. The van der Waals surface area contributed by atoms with Crippen LogP contribution in [0.15, 0.2) is 84.9 Å². The Kier molecular flexibility index (Phi) is 8.13. The predicted octanol–water partition coefficient (Wildman–Crippen LogP) is 7.31. The van der Waals surface area contributed by atoms with Crippen molar-refractivity contribution in [1.29, 1.82) is 0 Å². The van der Waals surface area contributed by atoms with E-state index in [2.05, 4.69) is 23.7 Å². The molecule has 208 valence electrons. The molecule has 0 saturated heterocycles. The number of carbonyl (C=O) groups excluding carboxylic acids is 1. The highest BCUT2D eigenvalue weighted by atomic mass is 35.5. The number of carboxylic acid groups (broad SMARTS) is 1. The summed E-state index contributed by atoms with van der Waals surface area (Å²) in [5.74, 6) is -0.429. The Hall–Kier alpha value is -4.55. The zero-order chi connectivity index (χ0) is 29.1. The van der Waals surface area contributed by atoms with Crippen molar-refractivity contribution in [3.8, 4) is 16.9 Å². The van der Waals surface area contributed by atoms with E-state index in [-0.39, 0.29) is 11.5 Å². The first-order chi connectivity index (χ1) is 19.8. The lowest BCUT2D eigenvalue weighted by Gasteiger charge is -2.11. The minimum Gasteiger partial charge on any atom is -0.495 e. The molecule has 0 spiro atoms. The number of hydrogen-bond acceptors (Lipinski definition) is 3. The van der Waals surface area contributed by atoms with Gasteiger partial charge in [-0.3, -0.25) is 4.79 Å². The van der Waals surface area contributed by atoms with E-state index in [0.29, 0.717) is 41.4 Å². The van der Waals surface area contributed by atoms with Gasteiger partial charge in [-0.05, 0) is 84.5 Å². The van der Waals surface area contributed by atoms with Gasteiger partial charge in [0, 0.05) is 35.2 Å². The Morgan fingerprint density at radius 3 is 2.37 bits per heavy atom. The van der Waals surface area contributed by atoms with Crippen molar-refractivity contribution in [1.82, 2.24) is 9.88 Å². The van der Waals surface area contributed by atoms with E-state index in [9.17, 15) is 14.7 Å². The largest absolute Gasteiger partial charge is 0.495 e. The van der Waals surface area contributed by atoms with Gasteiger partial charge in [-0.1, -0.05) is 60.1 Å². The summed E-state index contributed by atoms with van der Waals surface area (Å²) in [6.07, 6.45) is 0.660. The summed E-state index contributed by atoms with van der Waals surface area (Å²) in [5.41, 5.74) is 7.91. The lowest BCUT2D eigenvalue weighted by atomic mass is 9.99. The number of carboxylic acids is 1. The second-order valence-electron chi connectivity index (χ2n) is 10.1. The number of fused-ring (bicyclic) bond motifs is 1. The third kappa shape index (κ3) is 5.83. The average Bonchev–Trinajstić information content (AvgIpc) is 3.21. The van der Waals surface area contributed by atoms with Crippen LogP contribution in [0.1, 0.15) is 43.1 Å². The van der Waals surface area contributed by atoms with Crippen LogP contribution in [0.4, 0.5) is 0 Å². The molecule has 0 fully saturated rings. The highest BCUT2D eigenvalue weighted by molar-refractivity contribution is 6.32. The van der Waals surface area contributed by atoms with E-state index in [4.69, 9.17) is 16.3 Å². The monoisotopic (exact) mass is 566 g/mol. The number of aromatic nitrogens is 1. The number of methoxy groups -OCH3 is 1. The van der Waals surface area contributed by atoms with Crippen LogP contribution in [0, 0.1) is 13.8 Å². The summed E-state index contributed by atoms with van der Waals surface area (Å²) in [6, 6.07) is 26.5. The third-order valence-corrected chi connectivity index (χ3v) is 7.88. The van der Waals surface area contributed by atoms with Crippen molar-refractivity contribution in [2.45, 2.75) is 26.8 Å². The van der Waals surface area contributed by atoms with Crippen LogP contribution >= 0.6 is 11.6 Å². The number of ether oxygens (including phenoxy) is 1. The summed E-state index contributed by atoms with van der Waals surface area (Å²) in [7, 11) is 1.58. The van der Waals surface area contributed by atoms with Crippen LogP contribution in [0.25, 0.3) is 22.0 Å². The average molecular weight is 567 g/mol. The van der Waals surface area contributed by atoms with Crippen molar-refractivity contribution in [2.24, 2.45) is 0 Å². The maximum atomic E-state index is 13.0. The van der Waals surface area contributed by atoms with Crippen LogP contribution in [-0.2, 0) is 13.0 Å². The summed E-state index contributed by atoms with van der Waals surface area (Å²) in [5, 5.41) is 14.2. The number of halogens is 1. The zero-order valence-corrected chi connectivity index (χ0v) is 24.0. The van der Waals surface area contributed by atoms with Crippen LogP contribution in [0.3, 0.4) is 0 Å². The van der Waals surface area contributed by atoms with Gasteiger partial charge in [0.1, 0.15) is 5.75 Å². The molecule has 1 heterocycles. The Morgan fingerprint density at radius 2 is 1.66 bits per heavy atom. The van der Waals surface area contributed by atoms with Crippen molar-refractivity contribution in [3.63, 3.8) is 0 Å². The van der Waals surface area contributed by atoms with Gasteiger partial charge in [-0.15, -0.1) is 0 Å². The van der Waals surface area contributed by atoms with Crippen LogP contribution in [0.5, 0.6) is 5.75 Å². The summed E-state index contributed by atoms with van der Waals surface area (Å²) >= 11 is 6.22. The van der Waals surface area contributed by atoms with Gasteiger partial charge < -0.3 is 19.7 Å². The standard InChI is InChI=1S/C34H31ClN2O4/c1-21-22(2)37(20-24-8-11-25(12-9-24)27-6-4-5-7-28(27)34(39)40)31-14-13-26(19-29(21)31)33(38)36-17-16-23-10-15-32(41-3)30(35)18-23/h4-15,18-19H,16-17,20H2,1-3H3,(H,36,38)(H,39,40). The number of aryl methyl sites for hydroxylation is 1. The fraction of sp³-hybridized carbons (Fsp3) is 0.176. The van der Waals surface area contributed by atoms with Gasteiger partial charge in [0.05, 0.1) is 17.7 Å². The lowest BCUT2D eigenvalue weighted by Crippen LogP contribution is -2.25. The molecule has 1 aromatic heterocycles. The fourth-order valence-corrected chi connectivity index (χ4v) is 5.46. The predicted molar refractivity (Wildman–Crippen MR) is 163 cm³/mol. The first-order valence-corrected chi connectivity index (χ1v) is 13.8. The Labute approximate surface area is 244 Å². The summed E-state index contributed by atoms with van der Waals surface area (Å²) < 4.78 is 7.45. The van der Waals surface area contributed by atoms with Crippen molar-refractivity contribution >= 4 is 34.4 Å². The zero-order valence-electron chi connectivity index (χ0n) is 23.2. The Morgan fingerprint density at radius 1 is 0.927 bits per heavy atom. The Bertz CT molecular complexity index is 1760. The molecule has 4 aromatic carbocycles. The quantitative estimate of drug-likeness (QED) is 0.196. The van der Waals surface area contributed by atoms with Gasteiger partial charge in [-0.25, -0.2) is 4.79 Å². The first-order valence-electron chi connectivity index (χ1n) is 13.4. The van der Waals surface area contributed by atoms with Gasteiger partial charge in [0.25, 0.3) is 5.91 Å². The van der Waals surface area contributed by atoms with Gasteiger partial charge >= 0.3 is 5.97 Å². The van der Waals surface area contributed by atoms with Gasteiger partial charge in [0.2, 0.25) is 0 Å². The van der Waals surface area contributed by atoms with Crippen LogP contribution < -0.4 is 10.1 Å². The summed E-state index contributed by atoms with van der Waals surface area (Å²) in [6.45, 7) is 5.32. The van der Waals surface area contributed by atoms with Gasteiger partial charge in [-0.2, -0.15) is 0 Å². The molecule has 0 bridgehead atoms. The molecule has 7 heteroatoms. The molecule has 0 atom stereocenters. The maximum absolute atomic E-state index is 13.0. The second-order valence-corrected chi connectivity index (χ2v) is 10.5. The molecule has 2 N–H and O–H groups in total. The number of rotatable bonds is 9. The molecule has 41 heavy (non-hydrogen) atoms. The van der Waals surface area contributed by atoms with E-state index in [0.717, 1.165) is 38.9 Å². The first kappa shape index (κ1) is 28.0. The van der Waals surface area contributed by atoms with E-state index in [1.165, 1.54) is 0 Å². The smallest absolute Gasteiger partial charge is 0.336 e. The minimum atomic E-state index is -0.940. The number of nitrogens with one attached hydrogen (secondary N) is 1. The van der Waals surface area contributed by atoms with Crippen molar-refractivity contribution < 1.29 is 19.4 Å². The molecule has 0 aliphatic carbocycles. The molecule has 0 radical (unpaired) electrons. The van der Waals surface area contributed by atoms with Crippen molar-refractivity contribution in [2.75, 3.05) is 13.7 Å². The molecule has 1 amide bonds. The highest BCUT2D eigenvalue weighted by Gasteiger charge is 2.15. The number of nitrogens with zero attached hydrogens (tertiary/aromatic N) is 1. The van der Waals surface area contributed by atoms with Gasteiger partial charge in [0.15, 0.2) is 0 Å². The number of hydrogen-bond donors (Lipinski definition) is 2. The fourth-order valence-electron chi connectivity index (χ4n) is 5.18. The molecule has 0 unspecified atom stereocenters. The minimum absolute atomic E-state index is 0.117. The Balaban J connectivity index is 1.30. The number of aromatic carboxylic acids is 1. The molecular weight excluding hydrogens is 536 g/mol. The highest BCUT2D eigenvalue weighted by Crippen LogP contribution is 2.29. The molecule has 6 nitrogen and oxygen atoms in total. The topological polar surface area (TPSA) is 80.6 Å². The van der Waals surface area contributed by atoms with E-state index in [1.807, 2.05) is 72.8 Å². The van der Waals surface area contributed by atoms with E-state index >= 15 is 0 Å². The maximum Gasteiger partial charge on any atom is 0.336 e. The van der Waals surface area contributed by atoms with Crippen LogP contribution in [0.2, 0.25) is 5.02 Å². The summed E-state index contributed by atoms with van der Waals surface area (Å²) in [4.78, 5) is 24.6. The molecule has 0 aliphatic rings. The molecule has 5 aromatic rings. The molecule has 0 saturated carbocycles. The van der Waals surface area contributed by atoms with E-state index < -0.39 is 5.97 Å². The normalized spacial score (nSPS) is 11.0. The number of carbonyl (C=O) groups is 2. The molecule has 5 rings (SSSR count).